The molecule has 13 aromatic rings. The van der Waals surface area contributed by atoms with E-state index in [1.54, 1.807) is 0 Å². The Kier molecular flexibility index (Phi) is 8.12. The second kappa shape index (κ2) is 14.3. The maximum Gasteiger partial charge on any atom is 0.159 e. The molecular formula is C60H37NOS. The summed E-state index contributed by atoms with van der Waals surface area (Å²) in [5, 5.41) is 16.9. The Bertz CT molecular complexity index is 4050. The summed E-state index contributed by atoms with van der Waals surface area (Å²) in [4.78, 5) is 2.41. The first-order valence-electron chi connectivity index (χ1n) is 21.5. The number of furan rings is 1. The molecule has 0 fully saturated rings. The lowest BCUT2D eigenvalue weighted by Crippen LogP contribution is -2.11. The molecule has 0 N–H and O–H groups in total. The molecule has 0 aliphatic heterocycles. The number of fused-ring (bicyclic) bond motifs is 17. The molecule has 2 aromatic heterocycles. The summed E-state index contributed by atoms with van der Waals surface area (Å²) in [6.07, 6.45) is 0. The molecule has 2 nitrogen and oxygen atoms in total. The zero-order chi connectivity index (χ0) is 41.4. The topological polar surface area (TPSA) is 16.4 Å². The fourth-order valence-electron chi connectivity index (χ4n) is 10.1. The average molecular weight is 820 g/mol. The minimum absolute atomic E-state index is 0.851. The maximum absolute atomic E-state index is 6.84. The SMILES string of the molecule is c1ccc(-c2ccccc2N(c2ccc3c(c2)c2ccccc2c2ccccc2c2ccccc2c2c3ccc3sc4ccccc4c32)c2cccc3c2oc2ccccc23)cc1. The highest BCUT2D eigenvalue weighted by molar-refractivity contribution is 7.26. The Balaban J connectivity index is 1.24. The van der Waals surface area contributed by atoms with Crippen LogP contribution in [0.2, 0.25) is 0 Å². The van der Waals surface area contributed by atoms with Crippen LogP contribution in [0.25, 0.3) is 107 Å². The van der Waals surface area contributed by atoms with Crippen LogP contribution < -0.4 is 4.90 Å². The van der Waals surface area contributed by atoms with Gasteiger partial charge in [0.25, 0.3) is 0 Å². The van der Waals surface area contributed by atoms with Crippen LogP contribution in [0.4, 0.5) is 17.1 Å². The molecule has 3 heteroatoms. The highest BCUT2D eigenvalue weighted by atomic mass is 32.1. The third kappa shape index (κ3) is 5.57. The highest BCUT2D eigenvalue weighted by Gasteiger charge is 2.23. The van der Waals surface area contributed by atoms with Gasteiger partial charge in [-0.15, -0.1) is 11.3 Å². The van der Waals surface area contributed by atoms with Gasteiger partial charge in [0.05, 0.1) is 11.4 Å². The molecule has 294 valence electrons. The zero-order valence-electron chi connectivity index (χ0n) is 34.1. The second-order valence-electron chi connectivity index (χ2n) is 16.3. The average Bonchev–Trinajstić information content (AvgIpc) is 3.93. The Hall–Kier alpha value is -7.98. The van der Waals surface area contributed by atoms with E-state index in [0.717, 1.165) is 55.5 Å². The molecule has 0 amide bonds. The van der Waals surface area contributed by atoms with Crippen LogP contribution in [0.3, 0.4) is 0 Å². The number of thiophene rings is 1. The van der Waals surface area contributed by atoms with Gasteiger partial charge in [0.1, 0.15) is 5.58 Å². The van der Waals surface area contributed by atoms with Crippen molar-refractivity contribution in [2.75, 3.05) is 4.90 Å². The van der Waals surface area contributed by atoms with E-state index in [4.69, 9.17) is 4.42 Å². The van der Waals surface area contributed by atoms with Gasteiger partial charge in [-0.1, -0.05) is 182 Å². The van der Waals surface area contributed by atoms with Crippen LogP contribution in [0.5, 0.6) is 0 Å². The maximum atomic E-state index is 6.84. The van der Waals surface area contributed by atoms with Crippen molar-refractivity contribution in [1.82, 2.24) is 0 Å². The summed E-state index contributed by atoms with van der Waals surface area (Å²) in [5.74, 6) is 0. The largest absolute Gasteiger partial charge is 0.454 e. The minimum atomic E-state index is 0.851. The first kappa shape index (κ1) is 35.7. The van der Waals surface area contributed by atoms with E-state index in [2.05, 4.69) is 223 Å². The third-order valence-electron chi connectivity index (χ3n) is 12.9. The van der Waals surface area contributed by atoms with E-state index in [-0.39, 0.29) is 0 Å². The van der Waals surface area contributed by atoms with Crippen molar-refractivity contribution in [3.8, 4) is 11.1 Å². The summed E-state index contributed by atoms with van der Waals surface area (Å²) < 4.78 is 9.42. The molecule has 11 aromatic carbocycles. The van der Waals surface area contributed by atoms with Gasteiger partial charge < -0.3 is 9.32 Å². The molecule has 0 saturated carbocycles. The molecule has 0 aliphatic carbocycles. The monoisotopic (exact) mass is 819 g/mol. The van der Waals surface area contributed by atoms with Gasteiger partial charge in [-0.2, -0.15) is 0 Å². The fourth-order valence-corrected chi connectivity index (χ4v) is 11.3. The van der Waals surface area contributed by atoms with Crippen LogP contribution in [0, 0.1) is 0 Å². The summed E-state index contributed by atoms with van der Waals surface area (Å²) in [5.41, 5.74) is 7.09. The molecular weight excluding hydrogens is 783 g/mol. The van der Waals surface area contributed by atoms with Crippen LogP contribution in [-0.2, 0) is 0 Å². The Morgan fingerprint density at radius 1 is 0.317 bits per heavy atom. The highest BCUT2D eigenvalue weighted by Crippen LogP contribution is 2.48. The second-order valence-corrected chi connectivity index (χ2v) is 17.4. The normalized spacial score (nSPS) is 11.8. The Labute approximate surface area is 367 Å². The van der Waals surface area contributed by atoms with E-state index in [1.165, 1.54) is 68.6 Å². The van der Waals surface area contributed by atoms with E-state index in [9.17, 15) is 0 Å². The summed E-state index contributed by atoms with van der Waals surface area (Å²) >= 11 is 1.87. The van der Waals surface area contributed by atoms with Gasteiger partial charge in [-0.05, 0) is 102 Å². The summed E-state index contributed by atoms with van der Waals surface area (Å²) in [6, 6.07) is 82.0. The number of benzene rings is 10. The van der Waals surface area contributed by atoms with Crippen LogP contribution in [0.15, 0.2) is 229 Å². The van der Waals surface area contributed by atoms with E-state index in [0.29, 0.717) is 0 Å². The molecule has 13 rings (SSSR count). The van der Waals surface area contributed by atoms with Gasteiger partial charge in [0.15, 0.2) is 5.58 Å². The summed E-state index contributed by atoms with van der Waals surface area (Å²) in [7, 11) is 0. The molecule has 0 saturated heterocycles. The van der Waals surface area contributed by atoms with E-state index in [1.807, 2.05) is 17.4 Å². The Morgan fingerprint density at radius 2 is 0.841 bits per heavy atom. The first-order chi connectivity index (χ1) is 31.3. The molecule has 0 atom stereocenters. The van der Waals surface area contributed by atoms with Crippen molar-refractivity contribution in [3.63, 3.8) is 0 Å². The van der Waals surface area contributed by atoms with Gasteiger partial charge in [0.2, 0.25) is 0 Å². The van der Waals surface area contributed by atoms with E-state index < -0.39 is 0 Å². The van der Waals surface area contributed by atoms with Gasteiger partial charge >= 0.3 is 0 Å². The quantitative estimate of drug-likeness (QED) is 0.176. The van der Waals surface area contributed by atoms with Gasteiger partial charge in [-0.25, -0.2) is 0 Å². The van der Waals surface area contributed by atoms with Crippen molar-refractivity contribution >= 4 is 124 Å². The number of hydrogen-bond acceptors (Lipinski definition) is 3. The predicted molar refractivity (Wildman–Crippen MR) is 272 cm³/mol. The van der Waals surface area contributed by atoms with Crippen molar-refractivity contribution in [3.05, 3.63) is 224 Å². The van der Waals surface area contributed by atoms with Crippen LogP contribution >= 0.6 is 11.3 Å². The minimum Gasteiger partial charge on any atom is -0.454 e. The van der Waals surface area contributed by atoms with E-state index >= 15 is 0 Å². The third-order valence-corrected chi connectivity index (χ3v) is 14.0. The number of hydrogen-bond donors (Lipinski definition) is 0. The van der Waals surface area contributed by atoms with Gasteiger partial charge in [0, 0.05) is 42.2 Å². The van der Waals surface area contributed by atoms with Gasteiger partial charge in [-0.3, -0.25) is 0 Å². The summed E-state index contributed by atoms with van der Waals surface area (Å²) in [6.45, 7) is 0. The Morgan fingerprint density at radius 3 is 1.60 bits per heavy atom. The molecule has 63 heavy (non-hydrogen) atoms. The van der Waals surface area contributed by atoms with Crippen molar-refractivity contribution < 1.29 is 4.42 Å². The number of para-hydroxylation sites is 3. The first-order valence-corrected chi connectivity index (χ1v) is 22.3. The standard InChI is InChI=1S/C60H37NOS/c1-2-17-38(18-3-1)40-19-10-13-29-53(40)61(54-30-16-28-50-47-25-11-14-31-55(47)62-60(50)54)39-33-34-46-49-35-36-57-59(51-27-12-15-32-56(51)63-57)58(49)48-26-9-8-23-44(48)42-21-5-4-20-41(42)43-22-6-7-24-45(43)52(46)37-39/h1-37H. The lowest BCUT2D eigenvalue weighted by atomic mass is 9.92. The van der Waals surface area contributed by atoms with Crippen molar-refractivity contribution in [2.24, 2.45) is 0 Å². The number of rotatable bonds is 4. The molecule has 0 unspecified atom stereocenters. The lowest BCUT2D eigenvalue weighted by molar-refractivity contribution is 0.669. The number of nitrogens with zero attached hydrogens (tertiary/aromatic N) is 1. The van der Waals surface area contributed by atoms with Crippen LogP contribution in [0.1, 0.15) is 0 Å². The van der Waals surface area contributed by atoms with Crippen molar-refractivity contribution in [1.29, 1.82) is 0 Å². The number of anilines is 3. The predicted octanol–water partition coefficient (Wildman–Crippen LogP) is 18.0. The fraction of sp³-hybridized carbons (Fsp3) is 0. The molecule has 0 radical (unpaired) electrons. The smallest absolute Gasteiger partial charge is 0.159 e. The molecule has 0 bridgehead atoms. The molecule has 0 spiro atoms. The lowest BCUT2D eigenvalue weighted by Gasteiger charge is -2.28. The molecule has 2 heterocycles. The zero-order valence-corrected chi connectivity index (χ0v) is 34.9. The van der Waals surface area contributed by atoms with Crippen LogP contribution in [-0.4, -0.2) is 0 Å². The van der Waals surface area contributed by atoms with Crippen molar-refractivity contribution in [2.45, 2.75) is 0 Å². The molecule has 0 aliphatic rings.